The molecule has 0 amide bonds. The summed E-state index contributed by atoms with van der Waals surface area (Å²) >= 11 is 0. The SMILES string of the molecule is CC(N)c1ncc(-c2ccc(F)c([N+](=O)[O-])c2)[nH]1. The third-order valence-corrected chi connectivity index (χ3v) is 2.48. The topological polar surface area (TPSA) is 97.8 Å². The summed E-state index contributed by atoms with van der Waals surface area (Å²) in [5.74, 6) is -0.298. The number of H-pyrrole nitrogens is 1. The summed E-state index contributed by atoms with van der Waals surface area (Å²) in [5, 5.41) is 10.6. The molecule has 2 aromatic rings. The highest BCUT2D eigenvalue weighted by Crippen LogP contribution is 2.25. The van der Waals surface area contributed by atoms with Crippen LogP contribution in [-0.4, -0.2) is 14.9 Å². The molecule has 1 aromatic heterocycles. The van der Waals surface area contributed by atoms with Crippen molar-refractivity contribution in [2.45, 2.75) is 13.0 Å². The number of rotatable bonds is 3. The summed E-state index contributed by atoms with van der Waals surface area (Å²) in [5.41, 5.74) is 6.13. The van der Waals surface area contributed by atoms with Crippen molar-refractivity contribution >= 4 is 5.69 Å². The second kappa shape index (κ2) is 4.53. The van der Waals surface area contributed by atoms with E-state index in [1.54, 1.807) is 6.92 Å². The molecule has 0 saturated carbocycles. The highest BCUT2D eigenvalue weighted by Gasteiger charge is 2.16. The van der Waals surface area contributed by atoms with Crippen molar-refractivity contribution in [3.63, 3.8) is 0 Å². The first-order chi connectivity index (χ1) is 8.49. The van der Waals surface area contributed by atoms with E-state index in [0.29, 0.717) is 17.1 Å². The Morgan fingerprint density at radius 1 is 1.56 bits per heavy atom. The van der Waals surface area contributed by atoms with Crippen molar-refractivity contribution in [1.29, 1.82) is 0 Å². The Kier molecular flexibility index (Phi) is 3.07. The molecule has 6 nitrogen and oxygen atoms in total. The number of nitrogens with two attached hydrogens (primary N) is 1. The Hall–Kier alpha value is -2.28. The largest absolute Gasteiger partial charge is 0.341 e. The summed E-state index contributed by atoms with van der Waals surface area (Å²) in [6.07, 6.45) is 1.51. The quantitative estimate of drug-likeness (QED) is 0.644. The maximum atomic E-state index is 13.2. The number of nitrogens with one attached hydrogen (secondary N) is 1. The number of nitro benzene ring substituents is 1. The maximum absolute atomic E-state index is 13.2. The molecule has 0 spiro atoms. The van der Waals surface area contributed by atoms with Gasteiger partial charge in [0.25, 0.3) is 0 Å². The second-order valence-corrected chi connectivity index (χ2v) is 3.89. The molecule has 94 valence electrons. The lowest BCUT2D eigenvalue weighted by Crippen LogP contribution is -2.06. The van der Waals surface area contributed by atoms with Crippen molar-refractivity contribution in [3.8, 4) is 11.3 Å². The van der Waals surface area contributed by atoms with Crippen molar-refractivity contribution in [1.82, 2.24) is 9.97 Å². The molecule has 1 atom stereocenters. The van der Waals surface area contributed by atoms with Crippen LogP contribution in [0, 0.1) is 15.9 Å². The Morgan fingerprint density at radius 3 is 2.83 bits per heavy atom. The van der Waals surface area contributed by atoms with Crippen molar-refractivity contribution in [3.05, 3.63) is 46.2 Å². The van der Waals surface area contributed by atoms with E-state index in [4.69, 9.17) is 5.73 Å². The van der Waals surface area contributed by atoms with Gasteiger partial charge in [0, 0.05) is 11.6 Å². The molecule has 0 bridgehead atoms. The molecule has 0 aliphatic heterocycles. The van der Waals surface area contributed by atoms with E-state index in [0.717, 1.165) is 12.1 Å². The molecule has 7 heteroatoms. The predicted molar refractivity (Wildman–Crippen MR) is 63.2 cm³/mol. The van der Waals surface area contributed by atoms with E-state index in [2.05, 4.69) is 9.97 Å². The van der Waals surface area contributed by atoms with Crippen LogP contribution in [-0.2, 0) is 0 Å². The monoisotopic (exact) mass is 250 g/mol. The van der Waals surface area contributed by atoms with Crippen LogP contribution in [0.1, 0.15) is 18.8 Å². The lowest BCUT2D eigenvalue weighted by atomic mass is 10.1. The molecule has 0 saturated heterocycles. The highest BCUT2D eigenvalue weighted by molar-refractivity contribution is 5.62. The van der Waals surface area contributed by atoms with Crippen LogP contribution in [0.4, 0.5) is 10.1 Å². The first kappa shape index (κ1) is 12.2. The summed E-state index contributed by atoms with van der Waals surface area (Å²) in [6, 6.07) is 3.39. The molecular formula is C11H11FN4O2. The molecule has 1 heterocycles. The predicted octanol–water partition coefficient (Wildman–Crippen LogP) is 2.14. The molecule has 18 heavy (non-hydrogen) atoms. The summed E-state index contributed by atoms with van der Waals surface area (Å²) in [6.45, 7) is 1.76. The van der Waals surface area contributed by atoms with E-state index in [1.807, 2.05) is 0 Å². The van der Waals surface area contributed by atoms with Gasteiger partial charge in [-0.15, -0.1) is 0 Å². The minimum atomic E-state index is -0.865. The molecule has 0 fully saturated rings. The number of hydrogen-bond donors (Lipinski definition) is 2. The fourth-order valence-electron chi connectivity index (χ4n) is 1.53. The molecule has 0 radical (unpaired) electrons. The van der Waals surface area contributed by atoms with E-state index in [-0.39, 0.29) is 6.04 Å². The van der Waals surface area contributed by atoms with E-state index in [9.17, 15) is 14.5 Å². The summed E-state index contributed by atoms with van der Waals surface area (Å²) < 4.78 is 13.2. The van der Waals surface area contributed by atoms with Gasteiger partial charge in [0.05, 0.1) is 22.9 Å². The third-order valence-electron chi connectivity index (χ3n) is 2.48. The lowest BCUT2D eigenvalue weighted by Gasteiger charge is -2.00. The Morgan fingerprint density at radius 2 is 2.28 bits per heavy atom. The minimum absolute atomic E-state index is 0.269. The van der Waals surface area contributed by atoms with E-state index >= 15 is 0 Å². The van der Waals surface area contributed by atoms with Crippen molar-refractivity contribution in [2.24, 2.45) is 5.73 Å². The molecule has 2 rings (SSSR count). The van der Waals surface area contributed by atoms with Crippen LogP contribution >= 0.6 is 0 Å². The Bertz CT molecular complexity index is 594. The van der Waals surface area contributed by atoms with Gasteiger partial charge in [-0.05, 0) is 19.1 Å². The number of nitrogens with zero attached hydrogens (tertiary/aromatic N) is 2. The molecule has 1 aromatic carbocycles. The van der Waals surface area contributed by atoms with Gasteiger partial charge in [0.15, 0.2) is 0 Å². The van der Waals surface area contributed by atoms with E-state index < -0.39 is 16.4 Å². The second-order valence-electron chi connectivity index (χ2n) is 3.89. The standard InChI is InChI=1S/C11H11FN4O2/c1-6(13)11-14-5-9(15-11)7-2-3-8(12)10(4-7)16(17)18/h2-6H,13H2,1H3,(H,14,15). The van der Waals surface area contributed by atoms with Crippen molar-refractivity contribution < 1.29 is 9.31 Å². The van der Waals surface area contributed by atoms with Crippen LogP contribution in [0.15, 0.2) is 24.4 Å². The van der Waals surface area contributed by atoms with Gasteiger partial charge in [-0.25, -0.2) is 4.98 Å². The zero-order valence-corrected chi connectivity index (χ0v) is 9.55. The van der Waals surface area contributed by atoms with Gasteiger partial charge < -0.3 is 10.7 Å². The van der Waals surface area contributed by atoms with Gasteiger partial charge >= 0.3 is 5.69 Å². The fourth-order valence-corrected chi connectivity index (χ4v) is 1.53. The van der Waals surface area contributed by atoms with Crippen LogP contribution in [0.2, 0.25) is 0 Å². The van der Waals surface area contributed by atoms with Crippen LogP contribution < -0.4 is 5.73 Å². The molecule has 3 N–H and O–H groups in total. The third kappa shape index (κ3) is 2.21. The first-order valence-electron chi connectivity index (χ1n) is 5.24. The Labute approximate surface area is 102 Å². The van der Waals surface area contributed by atoms with Gasteiger partial charge in [-0.3, -0.25) is 10.1 Å². The lowest BCUT2D eigenvalue weighted by molar-refractivity contribution is -0.387. The van der Waals surface area contributed by atoms with Crippen LogP contribution in [0.3, 0.4) is 0 Å². The number of nitro groups is 1. The average Bonchev–Trinajstić information content (AvgIpc) is 2.78. The van der Waals surface area contributed by atoms with E-state index in [1.165, 1.54) is 12.3 Å². The smallest absolute Gasteiger partial charge is 0.305 e. The fraction of sp³-hybridized carbons (Fsp3) is 0.182. The zero-order chi connectivity index (χ0) is 13.3. The van der Waals surface area contributed by atoms with Crippen molar-refractivity contribution in [2.75, 3.05) is 0 Å². The molecule has 0 aliphatic carbocycles. The number of benzene rings is 1. The zero-order valence-electron chi connectivity index (χ0n) is 9.55. The number of imidazole rings is 1. The number of aromatic nitrogens is 2. The van der Waals surface area contributed by atoms with Crippen LogP contribution in [0.5, 0.6) is 0 Å². The highest BCUT2D eigenvalue weighted by atomic mass is 19.1. The Balaban J connectivity index is 2.44. The average molecular weight is 250 g/mol. The van der Waals surface area contributed by atoms with Crippen LogP contribution in [0.25, 0.3) is 11.3 Å². The molecule has 0 aliphatic rings. The van der Waals surface area contributed by atoms with Gasteiger partial charge in [0.1, 0.15) is 5.82 Å². The summed E-state index contributed by atoms with van der Waals surface area (Å²) in [4.78, 5) is 16.9. The van der Waals surface area contributed by atoms with Gasteiger partial charge in [-0.2, -0.15) is 4.39 Å². The first-order valence-corrected chi connectivity index (χ1v) is 5.24. The molecule has 1 unspecified atom stereocenters. The minimum Gasteiger partial charge on any atom is -0.341 e. The van der Waals surface area contributed by atoms with Gasteiger partial charge in [0.2, 0.25) is 5.82 Å². The number of halogens is 1. The summed E-state index contributed by atoms with van der Waals surface area (Å²) in [7, 11) is 0. The maximum Gasteiger partial charge on any atom is 0.305 e. The van der Waals surface area contributed by atoms with Gasteiger partial charge in [-0.1, -0.05) is 0 Å². The number of hydrogen-bond acceptors (Lipinski definition) is 4. The normalized spacial score (nSPS) is 12.4. The number of aromatic amines is 1. The molecular weight excluding hydrogens is 239 g/mol.